The molecule has 1 N–H and O–H groups in total. The zero-order valence-electron chi connectivity index (χ0n) is 11.4. The van der Waals surface area contributed by atoms with E-state index in [2.05, 4.69) is 42.9 Å². The first-order chi connectivity index (χ1) is 8.49. The average molecular weight is 280 g/mol. The summed E-state index contributed by atoms with van der Waals surface area (Å²) >= 11 is 3.59. The van der Waals surface area contributed by atoms with Crippen LogP contribution in [0.15, 0.2) is 16.8 Å². The van der Waals surface area contributed by atoms with Gasteiger partial charge in [0.05, 0.1) is 10.7 Å². The van der Waals surface area contributed by atoms with Crippen LogP contribution in [-0.2, 0) is 18.4 Å². The van der Waals surface area contributed by atoms with Crippen LogP contribution in [0.4, 0.5) is 0 Å². The van der Waals surface area contributed by atoms with E-state index in [1.165, 1.54) is 21.1 Å². The van der Waals surface area contributed by atoms with E-state index in [1.54, 1.807) is 11.3 Å². The second-order valence-corrected chi connectivity index (χ2v) is 7.44. The molecule has 2 rings (SSSR count). The van der Waals surface area contributed by atoms with E-state index in [-0.39, 0.29) is 5.41 Å². The van der Waals surface area contributed by atoms with Crippen LogP contribution >= 0.6 is 22.7 Å². The molecule has 0 fully saturated rings. The number of hydrogen-bond acceptors (Lipinski definition) is 4. The standard InChI is InChI=1S/C14H20N2S2/c1-14(2,3)12-9-18-13(16-12)6-10-5-11(7-15-4)17-8-10/h5,8-9,15H,6-7H2,1-4H3. The summed E-state index contributed by atoms with van der Waals surface area (Å²) in [5, 5.41) is 8.83. The Hall–Kier alpha value is -0.710. The second kappa shape index (κ2) is 5.51. The lowest BCUT2D eigenvalue weighted by atomic mass is 9.93. The average Bonchev–Trinajstić information content (AvgIpc) is 2.88. The van der Waals surface area contributed by atoms with Gasteiger partial charge in [-0.15, -0.1) is 22.7 Å². The third-order valence-corrected chi connectivity index (χ3v) is 4.57. The molecule has 2 aromatic heterocycles. The van der Waals surface area contributed by atoms with E-state index < -0.39 is 0 Å². The van der Waals surface area contributed by atoms with Crippen molar-refractivity contribution in [2.75, 3.05) is 7.05 Å². The van der Waals surface area contributed by atoms with Crippen LogP contribution in [0.3, 0.4) is 0 Å². The van der Waals surface area contributed by atoms with Gasteiger partial charge >= 0.3 is 0 Å². The minimum Gasteiger partial charge on any atom is -0.315 e. The molecule has 0 radical (unpaired) electrons. The molecule has 2 aromatic rings. The molecular formula is C14H20N2S2. The number of nitrogens with zero attached hydrogens (tertiary/aromatic N) is 1. The summed E-state index contributed by atoms with van der Waals surface area (Å²) in [4.78, 5) is 6.13. The van der Waals surface area contributed by atoms with Crippen molar-refractivity contribution < 1.29 is 0 Å². The highest BCUT2D eigenvalue weighted by Crippen LogP contribution is 2.26. The fraction of sp³-hybridized carbons (Fsp3) is 0.500. The molecule has 0 bridgehead atoms. The topological polar surface area (TPSA) is 24.9 Å². The van der Waals surface area contributed by atoms with Gasteiger partial charge in [0.25, 0.3) is 0 Å². The van der Waals surface area contributed by atoms with Crippen LogP contribution in [0.25, 0.3) is 0 Å². The quantitative estimate of drug-likeness (QED) is 0.921. The van der Waals surface area contributed by atoms with Gasteiger partial charge in [-0.1, -0.05) is 20.8 Å². The minimum atomic E-state index is 0.153. The van der Waals surface area contributed by atoms with Crippen molar-refractivity contribution in [3.63, 3.8) is 0 Å². The number of aromatic nitrogens is 1. The minimum absolute atomic E-state index is 0.153. The van der Waals surface area contributed by atoms with Crippen molar-refractivity contribution >= 4 is 22.7 Å². The number of thiophene rings is 1. The Balaban J connectivity index is 2.06. The predicted molar refractivity (Wildman–Crippen MR) is 80.7 cm³/mol. The maximum absolute atomic E-state index is 4.74. The van der Waals surface area contributed by atoms with Gasteiger partial charge in [-0.05, 0) is 24.1 Å². The molecule has 0 amide bonds. The highest BCUT2D eigenvalue weighted by molar-refractivity contribution is 7.10. The lowest BCUT2D eigenvalue weighted by Crippen LogP contribution is -2.11. The van der Waals surface area contributed by atoms with E-state index in [9.17, 15) is 0 Å². The zero-order valence-corrected chi connectivity index (χ0v) is 13.0. The zero-order chi connectivity index (χ0) is 13.2. The fourth-order valence-electron chi connectivity index (χ4n) is 1.70. The van der Waals surface area contributed by atoms with Gasteiger partial charge in [0.1, 0.15) is 0 Å². The summed E-state index contributed by atoms with van der Waals surface area (Å²) in [5.74, 6) is 0. The van der Waals surface area contributed by atoms with Crippen LogP contribution in [-0.4, -0.2) is 12.0 Å². The molecule has 0 aromatic carbocycles. The van der Waals surface area contributed by atoms with Crippen molar-refractivity contribution in [2.45, 2.75) is 39.2 Å². The molecule has 2 heterocycles. The van der Waals surface area contributed by atoms with Crippen molar-refractivity contribution in [1.29, 1.82) is 0 Å². The van der Waals surface area contributed by atoms with E-state index in [4.69, 9.17) is 4.98 Å². The Kier molecular flexibility index (Phi) is 4.20. The SMILES string of the molecule is CNCc1cc(Cc2nc(C(C)(C)C)cs2)cs1. The Labute approximate surface area is 117 Å². The van der Waals surface area contributed by atoms with E-state index in [0.29, 0.717) is 0 Å². The number of thiazole rings is 1. The van der Waals surface area contributed by atoms with Gasteiger partial charge in [0, 0.05) is 28.6 Å². The first kappa shape index (κ1) is 13.7. The van der Waals surface area contributed by atoms with Gasteiger partial charge < -0.3 is 5.32 Å². The summed E-state index contributed by atoms with van der Waals surface area (Å²) in [6.45, 7) is 7.58. The van der Waals surface area contributed by atoms with Gasteiger partial charge in [0.15, 0.2) is 0 Å². The van der Waals surface area contributed by atoms with Crippen molar-refractivity contribution in [3.05, 3.63) is 38.0 Å². The van der Waals surface area contributed by atoms with Crippen molar-refractivity contribution in [3.8, 4) is 0 Å². The molecule has 0 atom stereocenters. The lowest BCUT2D eigenvalue weighted by molar-refractivity contribution is 0.571. The summed E-state index contributed by atoms with van der Waals surface area (Å²) in [5.41, 5.74) is 2.73. The Bertz CT molecular complexity index is 506. The van der Waals surface area contributed by atoms with Crippen LogP contribution in [0.5, 0.6) is 0 Å². The molecule has 4 heteroatoms. The van der Waals surface area contributed by atoms with Crippen LogP contribution in [0.1, 0.15) is 41.9 Å². The second-order valence-electron chi connectivity index (χ2n) is 5.50. The molecule has 0 saturated heterocycles. The maximum Gasteiger partial charge on any atom is 0.0972 e. The molecule has 0 aliphatic carbocycles. The number of nitrogens with one attached hydrogen (secondary N) is 1. The predicted octanol–water partition coefficient (Wildman–Crippen LogP) is 3.81. The van der Waals surface area contributed by atoms with E-state index in [1.807, 2.05) is 18.4 Å². The molecule has 18 heavy (non-hydrogen) atoms. The van der Waals surface area contributed by atoms with Crippen molar-refractivity contribution in [1.82, 2.24) is 10.3 Å². The smallest absolute Gasteiger partial charge is 0.0972 e. The van der Waals surface area contributed by atoms with Crippen LogP contribution < -0.4 is 5.32 Å². The normalized spacial score (nSPS) is 12.0. The Morgan fingerprint density at radius 1 is 1.22 bits per heavy atom. The monoisotopic (exact) mass is 280 g/mol. The molecule has 0 unspecified atom stereocenters. The van der Waals surface area contributed by atoms with E-state index in [0.717, 1.165) is 13.0 Å². The van der Waals surface area contributed by atoms with E-state index >= 15 is 0 Å². The molecule has 2 nitrogen and oxygen atoms in total. The summed E-state index contributed by atoms with van der Waals surface area (Å²) in [7, 11) is 1.98. The summed E-state index contributed by atoms with van der Waals surface area (Å²) in [6, 6.07) is 2.28. The van der Waals surface area contributed by atoms with Crippen LogP contribution in [0, 0.1) is 0 Å². The van der Waals surface area contributed by atoms with Gasteiger partial charge in [0.2, 0.25) is 0 Å². The number of rotatable bonds is 4. The highest BCUT2D eigenvalue weighted by atomic mass is 32.1. The van der Waals surface area contributed by atoms with Crippen molar-refractivity contribution in [2.24, 2.45) is 0 Å². The first-order valence-electron chi connectivity index (χ1n) is 6.15. The number of hydrogen-bond donors (Lipinski definition) is 1. The Morgan fingerprint density at radius 2 is 2.00 bits per heavy atom. The van der Waals surface area contributed by atoms with Gasteiger partial charge in [-0.25, -0.2) is 4.98 Å². The first-order valence-corrected chi connectivity index (χ1v) is 7.91. The molecule has 0 aliphatic heterocycles. The molecule has 0 saturated carbocycles. The molecule has 0 spiro atoms. The van der Waals surface area contributed by atoms with Gasteiger partial charge in [-0.3, -0.25) is 0 Å². The van der Waals surface area contributed by atoms with Crippen LogP contribution in [0.2, 0.25) is 0 Å². The molecular weight excluding hydrogens is 260 g/mol. The highest BCUT2D eigenvalue weighted by Gasteiger charge is 2.17. The van der Waals surface area contributed by atoms with Gasteiger partial charge in [-0.2, -0.15) is 0 Å². The Morgan fingerprint density at radius 3 is 2.61 bits per heavy atom. The third-order valence-electron chi connectivity index (χ3n) is 2.73. The molecule has 98 valence electrons. The largest absolute Gasteiger partial charge is 0.315 e. The molecule has 0 aliphatic rings. The third kappa shape index (κ3) is 3.40. The summed E-state index contributed by atoms with van der Waals surface area (Å²) in [6.07, 6.45) is 0.959. The maximum atomic E-state index is 4.74. The lowest BCUT2D eigenvalue weighted by Gasteiger charge is -2.14. The fourth-order valence-corrected chi connectivity index (χ4v) is 3.65. The summed E-state index contributed by atoms with van der Waals surface area (Å²) < 4.78 is 0.